The zero-order valence-corrected chi connectivity index (χ0v) is 11.6. The van der Waals surface area contributed by atoms with Crippen molar-refractivity contribution in [3.8, 4) is 11.3 Å². The number of aromatic nitrogens is 2. The Labute approximate surface area is 118 Å². The Hall–Kier alpha value is -2.30. The van der Waals surface area contributed by atoms with Gasteiger partial charge in [0, 0.05) is 11.8 Å². The highest BCUT2D eigenvalue weighted by Gasteiger charge is 2.19. The van der Waals surface area contributed by atoms with Gasteiger partial charge in [-0.15, -0.1) is 0 Å². The number of rotatable bonds is 5. The number of hydrogen-bond donors (Lipinski definition) is 3. The fourth-order valence-corrected chi connectivity index (χ4v) is 2.13. The van der Waals surface area contributed by atoms with Gasteiger partial charge in [-0.1, -0.05) is 44.2 Å². The van der Waals surface area contributed by atoms with E-state index >= 15 is 0 Å². The molecule has 1 amide bonds. The number of nitrogens with zero attached hydrogens (tertiary/aromatic N) is 1. The zero-order valence-electron chi connectivity index (χ0n) is 11.6. The van der Waals surface area contributed by atoms with Crippen LogP contribution in [0.1, 0.15) is 32.1 Å². The normalized spacial score (nSPS) is 12.3. The van der Waals surface area contributed by atoms with Crippen molar-refractivity contribution in [2.75, 3.05) is 0 Å². The van der Waals surface area contributed by atoms with Crippen LogP contribution >= 0.6 is 0 Å². The second-order valence-electron chi connectivity index (χ2n) is 5.17. The van der Waals surface area contributed by atoms with Gasteiger partial charge in [0.15, 0.2) is 0 Å². The standard InChI is InChI=1S/C15H19N3O2/c1-10(2)8-12(18-15(19)20)14-16-9-13(17-14)11-6-4-3-5-7-11/h3-7,9-10,12,18H,8H2,1-2H3,(H,16,17)(H,19,20)/t12-/m1/s1. The van der Waals surface area contributed by atoms with Crippen LogP contribution in [0.15, 0.2) is 36.5 Å². The van der Waals surface area contributed by atoms with E-state index in [0.717, 1.165) is 11.3 Å². The van der Waals surface area contributed by atoms with Gasteiger partial charge in [0.25, 0.3) is 0 Å². The summed E-state index contributed by atoms with van der Waals surface area (Å²) in [5.41, 5.74) is 1.83. The average molecular weight is 273 g/mol. The van der Waals surface area contributed by atoms with Gasteiger partial charge in [-0.25, -0.2) is 9.78 Å². The predicted molar refractivity (Wildman–Crippen MR) is 77.4 cm³/mol. The van der Waals surface area contributed by atoms with Crippen molar-refractivity contribution in [3.63, 3.8) is 0 Å². The Bertz CT molecular complexity index is 564. The molecule has 5 heteroatoms. The second-order valence-corrected chi connectivity index (χ2v) is 5.17. The number of hydrogen-bond acceptors (Lipinski definition) is 2. The quantitative estimate of drug-likeness (QED) is 0.781. The SMILES string of the molecule is CC(C)C[C@@H](NC(=O)O)c1nc(-c2ccccc2)c[nH]1. The van der Waals surface area contributed by atoms with Crippen molar-refractivity contribution < 1.29 is 9.90 Å². The molecular formula is C15H19N3O2. The van der Waals surface area contributed by atoms with E-state index in [1.54, 1.807) is 0 Å². The Morgan fingerprint density at radius 2 is 2.05 bits per heavy atom. The molecule has 1 aromatic heterocycles. The van der Waals surface area contributed by atoms with Crippen LogP contribution in [0.25, 0.3) is 11.3 Å². The number of H-pyrrole nitrogens is 1. The summed E-state index contributed by atoms with van der Waals surface area (Å²) in [5, 5.41) is 11.4. The van der Waals surface area contributed by atoms with E-state index in [0.29, 0.717) is 18.2 Å². The summed E-state index contributed by atoms with van der Waals surface area (Å²) in [4.78, 5) is 18.5. The molecule has 0 aliphatic heterocycles. The molecule has 0 spiro atoms. The molecule has 1 aromatic carbocycles. The van der Waals surface area contributed by atoms with Crippen LogP contribution in [-0.4, -0.2) is 21.2 Å². The summed E-state index contributed by atoms with van der Waals surface area (Å²) in [5.74, 6) is 1.03. The first-order valence-electron chi connectivity index (χ1n) is 6.66. The smallest absolute Gasteiger partial charge is 0.405 e. The Morgan fingerprint density at radius 3 is 2.65 bits per heavy atom. The summed E-state index contributed by atoms with van der Waals surface area (Å²) < 4.78 is 0. The monoisotopic (exact) mass is 273 g/mol. The van der Waals surface area contributed by atoms with Crippen molar-refractivity contribution in [1.29, 1.82) is 0 Å². The third kappa shape index (κ3) is 3.60. The van der Waals surface area contributed by atoms with Gasteiger partial charge in [0.1, 0.15) is 5.82 Å². The lowest BCUT2D eigenvalue weighted by atomic mass is 10.0. The molecule has 0 unspecified atom stereocenters. The van der Waals surface area contributed by atoms with E-state index in [1.165, 1.54) is 0 Å². The molecule has 0 bridgehead atoms. The largest absolute Gasteiger partial charge is 0.465 e. The van der Waals surface area contributed by atoms with Crippen LogP contribution in [0.3, 0.4) is 0 Å². The van der Waals surface area contributed by atoms with Crippen molar-refractivity contribution in [1.82, 2.24) is 15.3 Å². The summed E-state index contributed by atoms with van der Waals surface area (Å²) >= 11 is 0. The molecule has 2 aromatic rings. The maximum absolute atomic E-state index is 10.9. The highest BCUT2D eigenvalue weighted by molar-refractivity contribution is 5.65. The second kappa shape index (κ2) is 6.23. The fraction of sp³-hybridized carbons (Fsp3) is 0.333. The number of carbonyl (C=O) groups is 1. The van der Waals surface area contributed by atoms with E-state index in [4.69, 9.17) is 5.11 Å². The minimum Gasteiger partial charge on any atom is -0.465 e. The minimum atomic E-state index is -1.03. The third-order valence-corrected chi connectivity index (χ3v) is 3.00. The molecule has 2 rings (SSSR count). The van der Waals surface area contributed by atoms with Gasteiger partial charge in [-0.2, -0.15) is 0 Å². The molecule has 20 heavy (non-hydrogen) atoms. The van der Waals surface area contributed by atoms with Crippen LogP contribution in [0.2, 0.25) is 0 Å². The number of benzene rings is 1. The van der Waals surface area contributed by atoms with Crippen molar-refractivity contribution in [2.45, 2.75) is 26.3 Å². The van der Waals surface area contributed by atoms with Crippen LogP contribution in [0.5, 0.6) is 0 Å². The predicted octanol–water partition coefficient (Wildman–Crippen LogP) is 3.43. The molecular weight excluding hydrogens is 254 g/mol. The molecule has 0 saturated carbocycles. The van der Waals surface area contributed by atoms with Gasteiger partial charge in [0.05, 0.1) is 11.7 Å². The van der Waals surface area contributed by atoms with Gasteiger partial charge in [-0.05, 0) is 12.3 Å². The Morgan fingerprint density at radius 1 is 1.35 bits per heavy atom. The molecule has 0 radical (unpaired) electrons. The molecule has 106 valence electrons. The summed E-state index contributed by atoms with van der Waals surface area (Å²) in [6.07, 6.45) is 1.48. The van der Waals surface area contributed by atoms with Crippen molar-refractivity contribution >= 4 is 6.09 Å². The molecule has 0 fully saturated rings. The van der Waals surface area contributed by atoms with E-state index in [-0.39, 0.29) is 6.04 Å². The fourth-order valence-electron chi connectivity index (χ4n) is 2.13. The average Bonchev–Trinajstić information content (AvgIpc) is 2.87. The van der Waals surface area contributed by atoms with Crippen molar-refractivity contribution in [3.05, 3.63) is 42.4 Å². The zero-order chi connectivity index (χ0) is 14.5. The third-order valence-electron chi connectivity index (χ3n) is 3.00. The van der Waals surface area contributed by atoms with E-state index in [9.17, 15) is 4.79 Å². The maximum atomic E-state index is 10.9. The summed E-state index contributed by atoms with van der Waals surface area (Å²) in [7, 11) is 0. The van der Waals surface area contributed by atoms with E-state index in [2.05, 4.69) is 29.1 Å². The van der Waals surface area contributed by atoms with Gasteiger partial charge in [0.2, 0.25) is 0 Å². The van der Waals surface area contributed by atoms with Crippen LogP contribution in [-0.2, 0) is 0 Å². The van der Waals surface area contributed by atoms with Gasteiger partial charge >= 0.3 is 6.09 Å². The molecule has 1 atom stereocenters. The molecule has 0 aliphatic rings. The lowest BCUT2D eigenvalue weighted by molar-refractivity contribution is 0.187. The topological polar surface area (TPSA) is 78.0 Å². The molecule has 0 saturated heterocycles. The van der Waals surface area contributed by atoms with Crippen molar-refractivity contribution in [2.24, 2.45) is 5.92 Å². The first kappa shape index (κ1) is 14.1. The van der Waals surface area contributed by atoms with Crippen LogP contribution in [0.4, 0.5) is 4.79 Å². The highest BCUT2D eigenvalue weighted by Crippen LogP contribution is 2.22. The highest BCUT2D eigenvalue weighted by atomic mass is 16.4. The Balaban J connectivity index is 2.22. The number of imidazole rings is 1. The maximum Gasteiger partial charge on any atom is 0.405 e. The van der Waals surface area contributed by atoms with Crippen LogP contribution in [0, 0.1) is 5.92 Å². The number of amides is 1. The number of nitrogens with one attached hydrogen (secondary N) is 2. The lowest BCUT2D eigenvalue weighted by Gasteiger charge is -2.16. The molecule has 3 N–H and O–H groups in total. The number of carboxylic acid groups (broad SMARTS) is 1. The number of aromatic amines is 1. The van der Waals surface area contributed by atoms with E-state index < -0.39 is 6.09 Å². The van der Waals surface area contributed by atoms with E-state index in [1.807, 2.05) is 36.5 Å². The minimum absolute atomic E-state index is 0.315. The van der Waals surface area contributed by atoms with Gasteiger partial charge in [-0.3, -0.25) is 0 Å². The lowest BCUT2D eigenvalue weighted by Crippen LogP contribution is -2.28. The molecule has 0 aliphatic carbocycles. The first-order chi connectivity index (χ1) is 9.56. The summed E-state index contributed by atoms with van der Waals surface area (Å²) in [6, 6.07) is 9.48. The first-order valence-corrected chi connectivity index (χ1v) is 6.66. The molecule has 5 nitrogen and oxygen atoms in total. The molecule has 1 heterocycles. The Kier molecular flexibility index (Phi) is 4.40. The summed E-state index contributed by atoms with van der Waals surface area (Å²) in [6.45, 7) is 4.11. The van der Waals surface area contributed by atoms with Crippen LogP contribution < -0.4 is 5.32 Å². The van der Waals surface area contributed by atoms with Gasteiger partial charge < -0.3 is 15.4 Å².